The van der Waals surface area contributed by atoms with Gasteiger partial charge in [-0.15, -0.1) is 0 Å². The first-order valence-corrected chi connectivity index (χ1v) is 6.13. The molecule has 0 saturated carbocycles. The summed E-state index contributed by atoms with van der Waals surface area (Å²) < 4.78 is 5.74. The molecular weight excluding hydrogens is 236 g/mol. The Balaban J connectivity index is 2.21. The summed E-state index contributed by atoms with van der Waals surface area (Å²) in [5.74, 6) is 1.41. The highest BCUT2D eigenvalue weighted by Gasteiger charge is 2.14. The Morgan fingerprint density at radius 3 is 2.47 bits per heavy atom. The van der Waals surface area contributed by atoms with Crippen LogP contribution < -0.4 is 4.74 Å². The minimum absolute atomic E-state index is 0.0856. The molecule has 0 fully saturated rings. The van der Waals surface area contributed by atoms with E-state index in [0.29, 0.717) is 11.4 Å². The van der Waals surface area contributed by atoms with Crippen molar-refractivity contribution in [3.8, 4) is 17.6 Å². The van der Waals surface area contributed by atoms with Crippen molar-refractivity contribution in [2.45, 2.75) is 26.2 Å². The van der Waals surface area contributed by atoms with Gasteiger partial charge in [-0.2, -0.15) is 5.26 Å². The van der Waals surface area contributed by atoms with Crippen LogP contribution in [0.3, 0.4) is 0 Å². The highest BCUT2D eigenvalue weighted by molar-refractivity contribution is 5.36. The Morgan fingerprint density at radius 1 is 1.11 bits per heavy atom. The van der Waals surface area contributed by atoms with Gasteiger partial charge in [-0.05, 0) is 35.2 Å². The standard InChI is InChI=1S/C16H16N2O/c1-16(2,3)12-5-4-6-14(9-12)19-15-8-7-13(10-17)18-11-15/h4-9,11H,1-3H3. The highest BCUT2D eigenvalue weighted by Crippen LogP contribution is 2.28. The topological polar surface area (TPSA) is 45.9 Å². The van der Waals surface area contributed by atoms with Gasteiger partial charge in [-0.3, -0.25) is 0 Å². The third-order valence-electron chi connectivity index (χ3n) is 2.79. The molecule has 3 heteroatoms. The molecule has 0 atom stereocenters. The second-order valence-corrected chi connectivity index (χ2v) is 5.37. The van der Waals surface area contributed by atoms with E-state index < -0.39 is 0 Å². The van der Waals surface area contributed by atoms with Crippen LogP contribution in [0, 0.1) is 11.3 Å². The van der Waals surface area contributed by atoms with E-state index in [-0.39, 0.29) is 5.41 Å². The predicted molar refractivity (Wildman–Crippen MR) is 74.2 cm³/mol. The molecule has 2 aromatic rings. The van der Waals surface area contributed by atoms with Crippen molar-refractivity contribution >= 4 is 0 Å². The average Bonchev–Trinajstić information content (AvgIpc) is 2.39. The highest BCUT2D eigenvalue weighted by atomic mass is 16.5. The molecule has 0 amide bonds. The van der Waals surface area contributed by atoms with Gasteiger partial charge in [0.15, 0.2) is 0 Å². The van der Waals surface area contributed by atoms with Gasteiger partial charge in [0.25, 0.3) is 0 Å². The summed E-state index contributed by atoms with van der Waals surface area (Å²) in [6.07, 6.45) is 1.56. The van der Waals surface area contributed by atoms with Crippen molar-refractivity contribution in [3.63, 3.8) is 0 Å². The van der Waals surface area contributed by atoms with Crippen molar-refractivity contribution < 1.29 is 4.74 Å². The van der Waals surface area contributed by atoms with Gasteiger partial charge in [-0.1, -0.05) is 32.9 Å². The summed E-state index contributed by atoms with van der Waals surface area (Å²) in [5, 5.41) is 8.69. The summed E-state index contributed by atoms with van der Waals surface area (Å²) in [7, 11) is 0. The maximum absolute atomic E-state index is 8.69. The Kier molecular flexibility index (Phi) is 3.52. The Morgan fingerprint density at radius 2 is 1.89 bits per heavy atom. The second kappa shape index (κ2) is 5.11. The first-order valence-electron chi connectivity index (χ1n) is 6.13. The lowest BCUT2D eigenvalue weighted by atomic mass is 9.87. The third kappa shape index (κ3) is 3.32. The summed E-state index contributed by atoms with van der Waals surface area (Å²) in [6.45, 7) is 6.49. The Bertz CT molecular complexity index is 604. The number of hydrogen-bond donors (Lipinski definition) is 0. The number of rotatable bonds is 2. The first-order chi connectivity index (χ1) is 8.99. The Hall–Kier alpha value is -2.34. The number of ether oxygens (including phenoxy) is 1. The largest absolute Gasteiger partial charge is 0.456 e. The second-order valence-electron chi connectivity index (χ2n) is 5.37. The maximum atomic E-state index is 8.69. The minimum Gasteiger partial charge on any atom is -0.456 e. The molecule has 0 radical (unpaired) electrons. The van der Waals surface area contributed by atoms with Gasteiger partial charge in [0.2, 0.25) is 0 Å². The molecule has 0 N–H and O–H groups in total. The summed E-state index contributed by atoms with van der Waals surface area (Å²) in [4.78, 5) is 3.98. The van der Waals surface area contributed by atoms with Crippen LogP contribution in [0.4, 0.5) is 0 Å². The molecule has 19 heavy (non-hydrogen) atoms. The number of aromatic nitrogens is 1. The molecule has 0 spiro atoms. The number of pyridine rings is 1. The van der Waals surface area contributed by atoms with E-state index in [2.05, 4.69) is 31.8 Å². The quantitative estimate of drug-likeness (QED) is 0.810. The van der Waals surface area contributed by atoms with Crippen LogP contribution >= 0.6 is 0 Å². The van der Waals surface area contributed by atoms with Crippen LogP contribution in [0.2, 0.25) is 0 Å². The predicted octanol–water partition coefficient (Wildman–Crippen LogP) is 4.04. The third-order valence-corrected chi connectivity index (χ3v) is 2.79. The minimum atomic E-state index is 0.0856. The molecule has 0 aliphatic rings. The van der Waals surface area contributed by atoms with Gasteiger partial charge >= 0.3 is 0 Å². The van der Waals surface area contributed by atoms with E-state index in [1.54, 1.807) is 18.3 Å². The van der Waals surface area contributed by atoms with E-state index in [0.717, 1.165) is 5.75 Å². The zero-order valence-corrected chi connectivity index (χ0v) is 11.3. The lowest BCUT2D eigenvalue weighted by Gasteiger charge is -2.19. The smallest absolute Gasteiger partial charge is 0.145 e. The molecular formula is C16H16N2O. The summed E-state index contributed by atoms with van der Waals surface area (Å²) >= 11 is 0. The summed E-state index contributed by atoms with van der Waals surface area (Å²) in [6, 6.07) is 13.4. The molecule has 96 valence electrons. The SMILES string of the molecule is CC(C)(C)c1cccc(Oc2ccc(C#N)nc2)c1. The van der Waals surface area contributed by atoms with E-state index in [9.17, 15) is 0 Å². The van der Waals surface area contributed by atoms with E-state index in [4.69, 9.17) is 10.00 Å². The fraction of sp³-hybridized carbons (Fsp3) is 0.250. The molecule has 0 aliphatic carbocycles. The molecule has 0 saturated heterocycles. The molecule has 0 aliphatic heterocycles. The van der Waals surface area contributed by atoms with Crippen LogP contribution in [0.1, 0.15) is 32.0 Å². The number of hydrogen-bond acceptors (Lipinski definition) is 3. The lowest BCUT2D eigenvalue weighted by molar-refractivity contribution is 0.476. The number of benzene rings is 1. The normalized spacial score (nSPS) is 10.8. The molecule has 0 unspecified atom stereocenters. The van der Waals surface area contributed by atoms with Crippen molar-refractivity contribution in [1.29, 1.82) is 5.26 Å². The van der Waals surface area contributed by atoms with Crippen LogP contribution in [0.5, 0.6) is 11.5 Å². The van der Waals surface area contributed by atoms with E-state index in [1.807, 2.05) is 24.3 Å². The summed E-state index contributed by atoms with van der Waals surface area (Å²) in [5.41, 5.74) is 1.69. The van der Waals surface area contributed by atoms with Crippen LogP contribution in [0.15, 0.2) is 42.6 Å². The van der Waals surface area contributed by atoms with Gasteiger partial charge in [-0.25, -0.2) is 4.98 Å². The zero-order valence-electron chi connectivity index (χ0n) is 11.3. The first kappa shape index (κ1) is 13.1. The molecule has 0 bridgehead atoms. The number of nitriles is 1. The molecule has 1 heterocycles. The van der Waals surface area contributed by atoms with Gasteiger partial charge < -0.3 is 4.74 Å². The molecule has 1 aromatic carbocycles. The Labute approximate surface area is 113 Å². The lowest BCUT2D eigenvalue weighted by Crippen LogP contribution is -2.10. The maximum Gasteiger partial charge on any atom is 0.145 e. The molecule has 3 nitrogen and oxygen atoms in total. The monoisotopic (exact) mass is 252 g/mol. The van der Waals surface area contributed by atoms with Crippen molar-refractivity contribution in [1.82, 2.24) is 4.98 Å². The molecule has 1 aromatic heterocycles. The van der Waals surface area contributed by atoms with Crippen LogP contribution in [-0.4, -0.2) is 4.98 Å². The fourth-order valence-corrected chi connectivity index (χ4v) is 1.67. The molecule has 2 rings (SSSR count). The van der Waals surface area contributed by atoms with Crippen LogP contribution in [0.25, 0.3) is 0 Å². The number of nitrogens with zero attached hydrogens (tertiary/aromatic N) is 2. The van der Waals surface area contributed by atoms with E-state index in [1.165, 1.54) is 5.56 Å². The fourth-order valence-electron chi connectivity index (χ4n) is 1.67. The van der Waals surface area contributed by atoms with Gasteiger partial charge in [0.05, 0.1) is 6.20 Å². The van der Waals surface area contributed by atoms with Crippen LogP contribution in [-0.2, 0) is 5.41 Å². The van der Waals surface area contributed by atoms with Crippen molar-refractivity contribution in [2.75, 3.05) is 0 Å². The van der Waals surface area contributed by atoms with Crippen molar-refractivity contribution in [2.24, 2.45) is 0 Å². The van der Waals surface area contributed by atoms with Gasteiger partial charge in [0, 0.05) is 0 Å². The van der Waals surface area contributed by atoms with E-state index >= 15 is 0 Å². The van der Waals surface area contributed by atoms with Gasteiger partial charge in [0.1, 0.15) is 23.3 Å². The zero-order chi connectivity index (χ0) is 13.9. The van der Waals surface area contributed by atoms with Crippen molar-refractivity contribution in [3.05, 3.63) is 53.9 Å². The average molecular weight is 252 g/mol.